The van der Waals surface area contributed by atoms with Crippen molar-refractivity contribution in [3.63, 3.8) is 0 Å². The summed E-state index contributed by atoms with van der Waals surface area (Å²) in [6.07, 6.45) is 1.59. The first-order valence-corrected chi connectivity index (χ1v) is 11.5. The number of aryl methyl sites for hydroxylation is 1. The average Bonchev–Trinajstić information content (AvgIpc) is 3.30. The first-order valence-electron chi connectivity index (χ1n) is 10.8. The Kier molecular flexibility index (Phi) is 5.78. The van der Waals surface area contributed by atoms with E-state index in [9.17, 15) is 4.79 Å². The summed E-state index contributed by atoms with van der Waals surface area (Å²) in [6, 6.07) is 15.5. The highest BCUT2D eigenvalue weighted by Gasteiger charge is 2.25. The summed E-state index contributed by atoms with van der Waals surface area (Å²) < 4.78 is 10.9. The zero-order valence-electron chi connectivity index (χ0n) is 18.5. The third-order valence-electron chi connectivity index (χ3n) is 5.85. The molecule has 2 aromatic carbocycles. The van der Waals surface area contributed by atoms with Crippen LogP contribution in [0, 0.1) is 6.92 Å². The van der Waals surface area contributed by atoms with Crippen LogP contribution in [0.2, 0.25) is 0 Å². The van der Waals surface area contributed by atoms with Gasteiger partial charge in [0.15, 0.2) is 5.82 Å². The zero-order valence-corrected chi connectivity index (χ0v) is 19.3. The van der Waals surface area contributed by atoms with Crippen molar-refractivity contribution in [1.29, 1.82) is 0 Å². The van der Waals surface area contributed by atoms with Crippen molar-refractivity contribution in [2.75, 3.05) is 43.5 Å². The molecule has 168 valence electrons. The highest BCUT2D eigenvalue weighted by molar-refractivity contribution is 7.14. The first-order chi connectivity index (χ1) is 16.1. The number of ether oxygens (including phenoxy) is 1. The summed E-state index contributed by atoms with van der Waals surface area (Å²) in [4.78, 5) is 25.9. The third-order valence-corrected chi connectivity index (χ3v) is 6.69. The molecule has 1 N–H and O–H groups in total. The number of aromatic nitrogens is 3. The number of urea groups is 1. The van der Waals surface area contributed by atoms with Gasteiger partial charge in [-0.1, -0.05) is 18.2 Å². The normalized spacial score (nSPS) is 13.9. The maximum atomic E-state index is 12.7. The molecule has 0 radical (unpaired) electrons. The van der Waals surface area contributed by atoms with Crippen LogP contribution in [-0.2, 0) is 0 Å². The number of amides is 2. The second kappa shape index (κ2) is 9.03. The van der Waals surface area contributed by atoms with Gasteiger partial charge in [0.25, 0.3) is 0 Å². The van der Waals surface area contributed by atoms with Crippen LogP contribution in [0.4, 0.5) is 16.3 Å². The molecule has 0 atom stereocenters. The van der Waals surface area contributed by atoms with Crippen LogP contribution in [0.15, 0.2) is 54.9 Å². The number of anilines is 2. The Morgan fingerprint density at radius 1 is 1.03 bits per heavy atom. The quantitative estimate of drug-likeness (QED) is 0.485. The number of fused-ring (bicyclic) bond motifs is 1. The van der Waals surface area contributed by atoms with Gasteiger partial charge in [-0.3, -0.25) is 0 Å². The minimum Gasteiger partial charge on any atom is -0.497 e. The predicted octanol–water partition coefficient (Wildman–Crippen LogP) is 4.42. The molecule has 2 aromatic heterocycles. The molecule has 1 aliphatic rings. The van der Waals surface area contributed by atoms with Crippen molar-refractivity contribution in [2.24, 2.45) is 0 Å². The number of methoxy groups -OCH3 is 1. The lowest BCUT2D eigenvalue weighted by atomic mass is 10.1. The molecule has 1 aliphatic heterocycles. The molecule has 0 bridgehead atoms. The summed E-state index contributed by atoms with van der Waals surface area (Å²) in [5.41, 5.74) is 4.57. The average molecular weight is 461 g/mol. The SMILES string of the molecule is COc1ccc(-c2nsc3c(N4CCN(C(=O)Nc5ccccc5C)CC4)ncnc23)cc1. The Morgan fingerprint density at radius 2 is 1.79 bits per heavy atom. The van der Waals surface area contributed by atoms with Crippen LogP contribution in [0.3, 0.4) is 0 Å². The number of carbonyl (C=O) groups is 1. The van der Waals surface area contributed by atoms with Gasteiger partial charge >= 0.3 is 6.03 Å². The molecule has 1 fully saturated rings. The van der Waals surface area contributed by atoms with E-state index in [4.69, 9.17) is 4.74 Å². The summed E-state index contributed by atoms with van der Waals surface area (Å²) in [5.74, 6) is 1.68. The Morgan fingerprint density at radius 3 is 2.52 bits per heavy atom. The largest absolute Gasteiger partial charge is 0.497 e. The molecule has 0 spiro atoms. The molecule has 5 rings (SSSR count). The molecule has 8 nitrogen and oxygen atoms in total. The van der Waals surface area contributed by atoms with E-state index in [1.165, 1.54) is 11.5 Å². The van der Waals surface area contributed by atoms with Gasteiger partial charge in [0.1, 0.15) is 28.0 Å². The van der Waals surface area contributed by atoms with E-state index >= 15 is 0 Å². The number of hydrogen-bond acceptors (Lipinski definition) is 7. The highest BCUT2D eigenvalue weighted by atomic mass is 32.1. The maximum Gasteiger partial charge on any atom is 0.321 e. The predicted molar refractivity (Wildman–Crippen MR) is 131 cm³/mol. The minimum atomic E-state index is -0.0728. The van der Waals surface area contributed by atoms with Crippen molar-refractivity contribution in [3.05, 3.63) is 60.4 Å². The number of carbonyl (C=O) groups excluding carboxylic acids is 1. The first kappa shape index (κ1) is 21.1. The minimum absolute atomic E-state index is 0.0728. The smallest absolute Gasteiger partial charge is 0.321 e. The molecule has 3 heterocycles. The van der Waals surface area contributed by atoms with Gasteiger partial charge in [0.05, 0.1) is 7.11 Å². The molecule has 0 unspecified atom stereocenters. The number of nitrogens with one attached hydrogen (secondary N) is 1. The number of rotatable bonds is 4. The van der Waals surface area contributed by atoms with E-state index in [2.05, 4.69) is 24.6 Å². The second-order valence-electron chi connectivity index (χ2n) is 7.85. The van der Waals surface area contributed by atoms with E-state index in [0.29, 0.717) is 26.2 Å². The molecule has 0 saturated carbocycles. The standard InChI is InChI=1S/C24H24N6O2S/c1-16-5-3-4-6-19(16)27-24(31)30-13-11-29(12-14-30)23-22-21(25-15-26-23)20(28-33-22)17-7-9-18(32-2)10-8-17/h3-10,15H,11-14H2,1-2H3,(H,27,31). The Hall–Kier alpha value is -3.72. The molecule has 9 heteroatoms. The van der Waals surface area contributed by atoms with Gasteiger partial charge < -0.3 is 19.9 Å². The van der Waals surface area contributed by atoms with Gasteiger partial charge in [-0.25, -0.2) is 14.8 Å². The molecular formula is C24H24N6O2S. The van der Waals surface area contributed by atoms with E-state index in [-0.39, 0.29) is 6.03 Å². The van der Waals surface area contributed by atoms with E-state index in [1.807, 2.05) is 60.4 Å². The molecule has 1 saturated heterocycles. The molecule has 33 heavy (non-hydrogen) atoms. The number of benzene rings is 2. The van der Waals surface area contributed by atoms with Crippen LogP contribution in [0.1, 0.15) is 5.56 Å². The summed E-state index contributed by atoms with van der Waals surface area (Å²) >= 11 is 1.41. The van der Waals surface area contributed by atoms with Gasteiger partial charge in [0, 0.05) is 37.4 Å². The summed E-state index contributed by atoms with van der Waals surface area (Å²) in [7, 11) is 1.65. The van der Waals surface area contributed by atoms with Crippen molar-refractivity contribution in [2.45, 2.75) is 6.92 Å². The topological polar surface area (TPSA) is 83.5 Å². The number of hydrogen-bond donors (Lipinski definition) is 1. The van der Waals surface area contributed by atoms with Crippen molar-refractivity contribution < 1.29 is 9.53 Å². The summed E-state index contributed by atoms with van der Waals surface area (Å²) in [6.45, 7) is 4.62. The van der Waals surface area contributed by atoms with E-state index < -0.39 is 0 Å². The lowest BCUT2D eigenvalue weighted by molar-refractivity contribution is 0.208. The third kappa shape index (κ3) is 4.19. The van der Waals surface area contributed by atoms with E-state index in [0.717, 1.165) is 44.3 Å². The fourth-order valence-electron chi connectivity index (χ4n) is 3.94. The lowest BCUT2D eigenvalue weighted by Gasteiger charge is -2.35. The van der Waals surface area contributed by atoms with Gasteiger partial charge in [-0.2, -0.15) is 4.37 Å². The maximum absolute atomic E-state index is 12.7. The summed E-state index contributed by atoms with van der Waals surface area (Å²) in [5, 5.41) is 3.02. The monoisotopic (exact) mass is 460 g/mol. The van der Waals surface area contributed by atoms with Crippen LogP contribution < -0.4 is 15.0 Å². The Balaban J connectivity index is 1.31. The second-order valence-corrected chi connectivity index (χ2v) is 8.63. The highest BCUT2D eigenvalue weighted by Crippen LogP contribution is 2.35. The molecule has 4 aromatic rings. The van der Waals surface area contributed by atoms with Crippen molar-refractivity contribution >= 4 is 39.3 Å². The van der Waals surface area contributed by atoms with Gasteiger partial charge in [-0.15, -0.1) is 0 Å². The fourth-order valence-corrected chi connectivity index (χ4v) is 4.82. The van der Waals surface area contributed by atoms with Crippen LogP contribution in [-0.4, -0.2) is 58.6 Å². The molecule has 2 amide bonds. The lowest BCUT2D eigenvalue weighted by Crippen LogP contribution is -2.50. The number of para-hydroxylation sites is 1. The number of piperazine rings is 1. The van der Waals surface area contributed by atoms with Gasteiger partial charge in [-0.05, 0) is 54.4 Å². The van der Waals surface area contributed by atoms with Crippen LogP contribution in [0.5, 0.6) is 5.75 Å². The van der Waals surface area contributed by atoms with Crippen molar-refractivity contribution in [1.82, 2.24) is 19.2 Å². The van der Waals surface area contributed by atoms with Crippen LogP contribution in [0.25, 0.3) is 21.5 Å². The molecular weight excluding hydrogens is 436 g/mol. The Bertz CT molecular complexity index is 1280. The van der Waals surface area contributed by atoms with Crippen molar-refractivity contribution in [3.8, 4) is 17.0 Å². The van der Waals surface area contributed by atoms with Gasteiger partial charge in [0.2, 0.25) is 0 Å². The van der Waals surface area contributed by atoms with E-state index in [1.54, 1.807) is 13.4 Å². The Labute approximate surface area is 196 Å². The molecule has 0 aliphatic carbocycles. The fraction of sp³-hybridized carbons (Fsp3) is 0.250. The van der Waals surface area contributed by atoms with Crippen LogP contribution >= 0.6 is 11.5 Å². The number of nitrogens with zero attached hydrogens (tertiary/aromatic N) is 5. The zero-order chi connectivity index (χ0) is 22.8.